The summed E-state index contributed by atoms with van der Waals surface area (Å²) in [5.74, 6) is -0.132. The van der Waals surface area contributed by atoms with Crippen LogP contribution >= 0.6 is 11.6 Å². The first-order valence-corrected chi connectivity index (χ1v) is 1.97. The van der Waals surface area contributed by atoms with Gasteiger partial charge in [-0.25, -0.2) is 0 Å². The fourth-order valence-electron chi connectivity index (χ4n) is 0.149. The highest BCUT2D eigenvalue weighted by Gasteiger charge is 1.79. The normalized spacial score (nSPS) is 11.3. The molecule has 0 radical (unpaired) electrons. The summed E-state index contributed by atoms with van der Waals surface area (Å²) in [5.41, 5.74) is 9.73. The van der Waals surface area contributed by atoms with Crippen molar-refractivity contribution in [3.05, 3.63) is 11.2 Å². The maximum atomic E-state index is 6.56. The van der Waals surface area contributed by atoms with Crippen molar-refractivity contribution in [3.8, 4) is 0 Å². The Hall–Kier alpha value is -0.700. The summed E-state index contributed by atoms with van der Waals surface area (Å²) < 4.78 is 0. The molecular weight excluding hydrogens is 114 g/mol. The first-order valence-electron chi connectivity index (χ1n) is 1.59. The van der Waals surface area contributed by atoms with E-state index in [0.717, 1.165) is 6.08 Å². The van der Waals surface area contributed by atoms with E-state index in [1.54, 1.807) is 0 Å². The van der Waals surface area contributed by atoms with Gasteiger partial charge in [0.15, 0.2) is 0 Å². The highest BCUT2D eigenvalue weighted by Crippen LogP contribution is 1.85. The Labute approximate surface area is 46.4 Å². The second kappa shape index (κ2) is 2.47. The van der Waals surface area contributed by atoms with Crippen LogP contribution < -0.4 is 11.5 Å². The molecule has 0 aromatic heterocycles. The molecule has 0 heterocycles. The smallest absolute Gasteiger partial charge is 0.118 e. The fourth-order valence-corrected chi connectivity index (χ4v) is 0.266. The Morgan fingerprint density at radius 2 is 2.00 bits per heavy atom. The molecule has 0 rings (SSSR count). The first-order chi connectivity index (χ1) is 3.13. The van der Waals surface area contributed by atoms with Gasteiger partial charge in [0, 0.05) is 6.08 Å². The van der Waals surface area contributed by atoms with Gasteiger partial charge in [-0.1, -0.05) is 11.6 Å². The lowest BCUT2D eigenvalue weighted by molar-refractivity contribution is 1.44. The summed E-state index contributed by atoms with van der Waals surface area (Å²) >= 11 is 5.09. The van der Waals surface area contributed by atoms with Crippen molar-refractivity contribution in [2.24, 2.45) is 11.5 Å². The Bertz CT molecular complexity index is 103. The third-order valence-corrected chi connectivity index (χ3v) is 0.402. The minimum absolute atomic E-state index is 0.0347. The molecule has 4 heteroatoms. The lowest BCUT2D eigenvalue weighted by atomic mass is 10.6. The monoisotopic (exact) mass is 119 g/mol. The predicted molar refractivity (Wildman–Crippen MR) is 30.0 cm³/mol. The third-order valence-electron chi connectivity index (χ3n) is 0.293. The van der Waals surface area contributed by atoms with Crippen LogP contribution in [0.2, 0.25) is 0 Å². The first kappa shape index (κ1) is 6.30. The van der Waals surface area contributed by atoms with Crippen LogP contribution in [0.4, 0.5) is 0 Å². The summed E-state index contributed by atoms with van der Waals surface area (Å²) in [7, 11) is 0. The summed E-state index contributed by atoms with van der Waals surface area (Å²) in [6.45, 7) is 0. The van der Waals surface area contributed by atoms with Gasteiger partial charge in [-0.3, -0.25) is 5.41 Å². The van der Waals surface area contributed by atoms with Gasteiger partial charge >= 0.3 is 0 Å². The molecule has 0 aliphatic heterocycles. The number of hydrogen-bond donors (Lipinski definition) is 3. The maximum absolute atomic E-state index is 6.56. The van der Waals surface area contributed by atoms with Crippen molar-refractivity contribution in [1.82, 2.24) is 0 Å². The van der Waals surface area contributed by atoms with Crippen LogP contribution in [0.15, 0.2) is 11.2 Å². The molecule has 0 bridgehead atoms. The van der Waals surface area contributed by atoms with E-state index in [9.17, 15) is 0 Å². The highest BCUT2D eigenvalue weighted by atomic mass is 35.5. The molecule has 40 valence electrons. The van der Waals surface area contributed by atoms with Crippen LogP contribution in [-0.4, -0.2) is 5.84 Å². The zero-order chi connectivity index (χ0) is 5.86. The molecule has 0 saturated heterocycles. The molecule has 0 fully saturated rings. The maximum Gasteiger partial charge on any atom is 0.118 e. The number of rotatable bonds is 1. The van der Waals surface area contributed by atoms with Crippen molar-refractivity contribution in [1.29, 1.82) is 5.41 Å². The van der Waals surface area contributed by atoms with E-state index in [1.165, 1.54) is 0 Å². The molecule has 0 aliphatic rings. The largest absolute Gasteiger partial charge is 0.389 e. The predicted octanol–water partition coefficient (Wildman–Crippen LogP) is -0.0387. The van der Waals surface area contributed by atoms with Gasteiger partial charge in [-0.15, -0.1) is 0 Å². The van der Waals surface area contributed by atoms with Crippen molar-refractivity contribution in [2.75, 3.05) is 0 Å². The van der Waals surface area contributed by atoms with Gasteiger partial charge < -0.3 is 11.5 Å². The van der Waals surface area contributed by atoms with Crippen molar-refractivity contribution in [2.45, 2.75) is 0 Å². The summed E-state index contributed by atoms with van der Waals surface area (Å²) in [4.78, 5) is 0. The van der Waals surface area contributed by atoms with Crippen molar-refractivity contribution in [3.63, 3.8) is 0 Å². The molecule has 0 aromatic carbocycles. The molecular formula is C3H6ClN3. The lowest BCUT2D eigenvalue weighted by Crippen LogP contribution is -2.06. The van der Waals surface area contributed by atoms with Gasteiger partial charge in [0.25, 0.3) is 0 Å². The number of amidine groups is 1. The molecule has 3 nitrogen and oxygen atoms in total. The highest BCUT2D eigenvalue weighted by molar-refractivity contribution is 6.30. The van der Waals surface area contributed by atoms with E-state index in [0.29, 0.717) is 0 Å². The number of nitrogens with one attached hydrogen (secondary N) is 1. The van der Waals surface area contributed by atoms with Crippen molar-refractivity contribution >= 4 is 17.4 Å². The Balaban J connectivity index is 3.68. The summed E-state index contributed by atoms with van der Waals surface area (Å²) in [6, 6.07) is 0. The standard InChI is InChI=1S/C3H6ClN3/c4-2(5)1-3(6)7/h1H,5H2,(H3,6,7). The summed E-state index contributed by atoms with van der Waals surface area (Å²) in [6.07, 6.45) is 1.15. The number of nitrogens with two attached hydrogens (primary N) is 2. The SMILES string of the molecule is N=C(N)C=C(N)Cl. The molecule has 0 saturated carbocycles. The van der Waals surface area contributed by atoms with Gasteiger partial charge in [0.1, 0.15) is 11.0 Å². The molecule has 0 amide bonds. The van der Waals surface area contributed by atoms with Crippen molar-refractivity contribution < 1.29 is 0 Å². The van der Waals surface area contributed by atoms with E-state index in [2.05, 4.69) is 0 Å². The summed E-state index contributed by atoms with van der Waals surface area (Å²) in [5, 5.41) is 6.60. The minimum Gasteiger partial charge on any atom is -0.389 e. The second-order valence-electron chi connectivity index (χ2n) is 0.985. The van der Waals surface area contributed by atoms with Crippen LogP contribution in [0.3, 0.4) is 0 Å². The average Bonchev–Trinajstić information content (AvgIpc) is 1.27. The molecule has 7 heavy (non-hydrogen) atoms. The molecule has 0 spiro atoms. The van der Waals surface area contributed by atoms with Gasteiger partial charge in [-0.2, -0.15) is 0 Å². The Kier molecular flexibility index (Phi) is 2.22. The molecule has 5 N–H and O–H groups in total. The van der Waals surface area contributed by atoms with E-state index in [-0.39, 0.29) is 11.0 Å². The molecule has 0 unspecified atom stereocenters. The average molecular weight is 120 g/mol. The van der Waals surface area contributed by atoms with E-state index in [1.807, 2.05) is 0 Å². The number of halogens is 1. The van der Waals surface area contributed by atoms with Crippen LogP contribution in [0, 0.1) is 5.41 Å². The number of hydrogen-bond acceptors (Lipinski definition) is 2. The molecule has 0 aliphatic carbocycles. The van der Waals surface area contributed by atoms with E-state index in [4.69, 9.17) is 28.5 Å². The van der Waals surface area contributed by atoms with E-state index >= 15 is 0 Å². The fraction of sp³-hybridized carbons (Fsp3) is 0. The van der Waals surface area contributed by atoms with Crippen LogP contribution in [0.25, 0.3) is 0 Å². The van der Waals surface area contributed by atoms with Crippen LogP contribution in [-0.2, 0) is 0 Å². The van der Waals surface area contributed by atoms with Crippen LogP contribution in [0.1, 0.15) is 0 Å². The quantitative estimate of drug-likeness (QED) is 0.257. The molecule has 0 atom stereocenters. The second-order valence-corrected chi connectivity index (χ2v) is 1.42. The third kappa shape index (κ3) is 5.30. The van der Waals surface area contributed by atoms with Gasteiger partial charge in [0.05, 0.1) is 0 Å². The minimum atomic E-state index is -0.132. The zero-order valence-corrected chi connectivity index (χ0v) is 4.37. The lowest BCUT2D eigenvalue weighted by Gasteiger charge is -1.82. The van der Waals surface area contributed by atoms with Gasteiger partial charge in [-0.05, 0) is 0 Å². The molecule has 0 aromatic rings. The van der Waals surface area contributed by atoms with Gasteiger partial charge in [0.2, 0.25) is 0 Å². The zero-order valence-electron chi connectivity index (χ0n) is 3.61. The Morgan fingerprint density at radius 3 is 2.00 bits per heavy atom. The van der Waals surface area contributed by atoms with E-state index < -0.39 is 0 Å². The van der Waals surface area contributed by atoms with Crippen LogP contribution in [0.5, 0.6) is 0 Å². The topological polar surface area (TPSA) is 75.9 Å². The Morgan fingerprint density at radius 1 is 1.57 bits per heavy atom.